The number of carbonyl (C=O) groups excluding carboxylic acids is 1. The highest BCUT2D eigenvalue weighted by Crippen LogP contribution is 2.34. The largest absolute Gasteiger partial charge is 0.367 e. The molecule has 0 spiro atoms. The van der Waals surface area contributed by atoms with Gasteiger partial charge in [-0.2, -0.15) is 0 Å². The highest BCUT2D eigenvalue weighted by Gasteiger charge is 2.21. The minimum Gasteiger partial charge on any atom is -0.367 e. The van der Waals surface area contributed by atoms with E-state index in [1.165, 1.54) is 12.1 Å². The quantitative estimate of drug-likeness (QED) is 0.212. The van der Waals surface area contributed by atoms with Gasteiger partial charge in [0.05, 0.1) is 11.4 Å². The van der Waals surface area contributed by atoms with Crippen molar-refractivity contribution in [3.05, 3.63) is 126 Å². The van der Waals surface area contributed by atoms with Crippen molar-refractivity contribution >= 4 is 38.1 Å². The van der Waals surface area contributed by atoms with Gasteiger partial charge in [-0.15, -0.1) is 0 Å². The predicted octanol–water partition coefficient (Wildman–Crippen LogP) is 5.79. The molecular weight excluding hydrogens is 563 g/mol. The zero-order valence-corrected chi connectivity index (χ0v) is 24.2. The Morgan fingerprint density at radius 2 is 1.51 bits per heavy atom. The van der Waals surface area contributed by atoms with Crippen LogP contribution < -0.4 is 20.3 Å². The maximum absolute atomic E-state index is 15.3. The van der Waals surface area contributed by atoms with E-state index in [-0.39, 0.29) is 12.5 Å². The molecule has 7 nitrogen and oxygen atoms in total. The number of anilines is 2. The number of piperazine rings is 1. The van der Waals surface area contributed by atoms with E-state index in [0.29, 0.717) is 22.4 Å². The molecule has 0 radical (unpaired) electrons. The molecule has 0 aliphatic carbocycles. The third-order valence-corrected chi connectivity index (χ3v) is 9.04. The van der Waals surface area contributed by atoms with E-state index < -0.39 is 20.7 Å². The number of nitrogens with one attached hydrogen (secondary N) is 3. The molecule has 5 aromatic rings. The average Bonchev–Trinajstić information content (AvgIpc) is 3.04. The lowest BCUT2D eigenvalue weighted by molar-refractivity contribution is 0.102. The Kier molecular flexibility index (Phi) is 8.20. The fourth-order valence-corrected chi connectivity index (χ4v) is 6.44. The van der Waals surface area contributed by atoms with Crippen LogP contribution in [0.5, 0.6) is 0 Å². The van der Waals surface area contributed by atoms with Gasteiger partial charge in [0.15, 0.2) is 0 Å². The molecule has 218 valence electrons. The minimum atomic E-state index is -4.08. The molecule has 5 aromatic carbocycles. The van der Waals surface area contributed by atoms with Crippen LogP contribution in [-0.2, 0) is 16.6 Å². The lowest BCUT2D eigenvalue weighted by atomic mass is 10.0. The molecule has 9 heteroatoms. The molecule has 1 aliphatic heterocycles. The van der Waals surface area contributed by atoms with Crippen LogP contribution in [0, 0.1) is 5.82 Å². The summed E-state index contributed by atoms with van der Waals surface area (Å²) in [5, 5.41) is 8.27. The van der Waals surface area contributed by atoms with Crippen molar-refractivity contribution in [2.75, 3.05) is 36.4 Å². The topological polar surface area (TPSA) is 90.5 Å². The second kappa shape index (κ2) is 12.3. The molecule has 1 saturated heterocycles. The van der Waals surface area contributed by atoms with Crippen LogP contribution in [-0.4, -0.2) is 40.5 Å². The van der Waals surface area contributed by atoms with E-state index in [1.807, 2.05) is 72.8 Å². The molecule has 0 aromatic heterocycles. The fourth-order valence-electron chi connectivity index (χ4n) is 5.36. The predicted molar refractivity (Wildman–Crippen MR) is 169 cm³/mol. The summed E-state index contributed by atoms with van der Waals surface area (Å²) in [5.74, 6) is -1.10. The second-order valence-corrected chi connectivity index (χ2v) is 12.1. The van der Waals surface area contributed by atoms with Gasteiger partial charge >= 0.3 is 0 Å². The molecule has 1 fully saturated rings. The smallest absolute Gasteiger partial charge is 0.256 e. The van der Waals surface area contributed by atoms with E-state index in [0.717, 1.165) is 48.2 Å². The Morgan fingerprint density at radius 3 is 2.30 bits per heavy atom. The average molecular weight is 595 g/mol. The standard InChI is InChI=1S/C34H31FN4O3S/c35-30-21-26(14-16-33(30)43(41,42)37-23-24-7-2-1-3-8-24)27-13-15-32(39-19-17-36-18-20-39)31(22-27)38-34(40)29-12-6-10-25-9-4-5-11-28(25)29/h1-16,21-22,36-37H,17-20,23H2,(H,38,40). The van der Waals surface area contributed by atoms with Crippen LogP contribution in [0.2, 0.25) is 0 Å². The van der Waals surface area contributed by atoms with Gasteiger partial charge < -0.3 is 15.5 Å². The summed E-state index contributed by atoms with van der Waals surface area (Å²) in [6, 6.07) is 32.1. The normalized spacial score (nSPS) is 13.7. The second-order valence-electron chi connectivity index (χ2n) is 10.4. The fraction of sp³-hybridized carbons (Fsp3) is 0.147. The Hall–Kier alpha value is -4.57. The van der Waals surface area contributed by atoms with Crippen LogP contribution >= 0.6 is 0 Å². The first-order chi connectivity index (χ1) is 20.9. The zero-order chi connectivity index (χ0) is 29.8. The maximum Gasteiger partial charge on any atom is 0.256 e. The lowest BCUT2D eigenvalue weighted by Gasteiger charge is -2.31. The zero-order valence-electron chi connectivity index (χ0n) is 23.4. The molecule has 0 unspecified atom stereocenters. The third kappa shape index (κ3) is 6.29. The van der Waals surface area contributed by atoms with Crippen LogP contribution in [0.3, 0.4) is 0 Å². The highest BCUT2D eigenvalue weighted by molar-refractivity contribution is 7.89. The van der Waals surface area contributed by atoms with Crippen molar-refractivity contribution in [3.8, 4) is 11.1 Å². The number of hydrogen-bond donors (Lipinski definition) is 3. The molecule has 0 atom stereocenters. The van der Waals surface area contributed by atoms with Gasteiger partial charge in [-0.05, 0) is 57.8 Å². The van der Waals surface area contributed by atoms with Gasteiger partial charge in [0.25, 0.3) is 5.91 Å². The van der Waals surface area contributed by atoms with Gasteiger partial charge in [-0.3, -0.25) is 4.79 Å². The Morgan fingerprint density at radius 1 is 0.814 bits per heavy atom. The first-order valence-electron chi connectivity index (χ1n) is 14.1. The number of rotatable bonds is 8. The summed E-state index contributed by atoms with van der Waals surface area (Å²) < 4.78 is 43.5. The molecule has 3 N–H and O–H groups in total. The number of carbonyl (C=O) groups is 1. The van der Waals surface area contributed by atoms with Crippen LogP contribution in [0.15, 0.2) is 114 Å². The van der Waals surface area contributed by atoms with Crippen molar-refractivity contribution in [2.45, 2.75) is 11.4 Å². The summed E-state index contributed by atoms with van der Waals surface area (Å²) in [5.41, 5.74) is 3.92. The monoisotopic (exact) mass is 594 g/mol. The Balaban J connectivity index is 1.31. The first-order valence-corrected chi connectivity index (χ1v) is 15.6. The van der Waals surface area contributed by atoms with Crippen molar-refractivity contribution in [1.82, 2.24) is 10.0 Å². The summed E-state index contributed by atoms with van der Waals surface area (Å²) in [4.78, 5) is 15.4. The van der Waals surface area contributed by atoms with Gasteiger partial charge in [-0.25, -0.2) is 17.5 Å². The molecule has 1 heterocycles. The SMILES string of the molecule is O=C(Nc1cc(-c2ccc(S(=O)(=O)NCc3ccccc3)c(F)c2)ccc1N1CCNCC1)c1cccc2ccccc12. The van der Waals surface area contributed by atoms with E-state index in [9.17, 15) is 13.2 Å². The van der Waals surface area contributed by atoms with Crippen molar-refractivity contribution in [2.24, 2.45) is 0 Å². The van der Waals surface area contributed by atoms with E-state index in [2.05, 4.69) is 20.3 Å². The van der Waals surface area contributed by atoms with Crippen LogP contribution in [0.25, 0.3) is 21.9 Å². The number of sulfonamides is 1. The van der Waals surface area contributed by atoms with Crippen LogP contribution in [0.4, 0.5) is 15.8 Å². The number of hydrogen-bond acceptors (Lipinski definition) is 5. The van der Waals surface area contributed by atoms with Gasteiger partial charge in [0, 0.05) is 38.3 Å². The number of halogens is 1. The Bertz CT molecular complexity index is 1890. The summed E-state index contributed by atoms with van der Waals surface area (Å²) >= 11 is 0. The highest BCUT2D eigenvalue weighted by atomic mass is 32.2. The Labute approximate surface area is 250 Å². The summed E-state index contributed by atoms with van der Waals surface area (Å²) in [6.07, 6.45) is 0. The van der Waals surface area contributed by atoms with Crippen LogP contribution in [0.1, 0.15) is 15.9 Å². The third-order valence-electron chi connectivity index (χ3n) is 7.60. The van der Waals surface area contributed by atoms with Crippen molar-refractivity contribution in [1.29, 1.82) is 0 Å². The first kappa shape index (κ1) is 28.5. The van der Waals surface area contributed by atoms with Gasteiger partial charge in [0.2, 0.25) is 10.0 Å². The number of benzene rings is 5. The van der Waals surface area contributed by atoms with E-state index >= 15 is 4.39 Å². The number of amides is 1. The minimum absolute atomic E-state index is 0.0532. The van der Waals surface area contributed by atoms with Crippen molar-refractivity contribution in [3.63, 3.8) is 0 Å². The van der Waals surface area contributed by atoms with Gasteiger partial charge in [0.1, 0.15) is 10.7 Å². The molecule has 43 heavy (non-hydrogen) atoms. The molecule has 1 aliphatic rings. The van der Waals surface area contributed by atoms with Gasteiger partial charge in [-0.1, -0.05) is 78.9 Å². The summed E-state index contributed by atoms with van der Waals surface area (Å²) in [6.45, 7) is 3.23. The number of fused-ring (bicyclic) bond motifs is 1. The molecular formula is C34H31FN4O3S. The molecule has 0 bridgehead atoms. The molecule has 6 rings (SSSR count). The molecule has 0 saturated carbocycles. The van der Waals surface area contributed by atoms with Crippen molar-refractivity contribution < 1.29 is 17.6 Å². The van der Waals surface area contributed by atoms with E-state index in [1.54, 1.807) is 24.3 Å². The number of nitrogens with zero attached hydrogens (tertiary/aromatic N) is 1. The molecule has 1 amide bonds. The van der Waals surface area contributed by atoms with E-state index in [4.69, 9.17) is 0 Å². The lowest BCUT2D eigenvalue weighted by Crippen LogP contribution is -2.43. The maximum atomic E-state index is 15.3. The summed E-state index contributed by atoms with van der Waals surface area (Å²) in [7, 11) is -4.08.